The molecule has 0 aromatic heterocycles. The third-order valence-corrected chi connectivity index (χ3v) is 2.91. The molecule has 0 bridgehead atoms. The summed E-state index contributed by atoms with van der Waals surface area (Å²) in [6, 6.07) is 0.416. The topological polar surface area (TPSA) is 58.7 Å². The highest BCUT2D eigenvalue weighted by Crippen LogP contribution is 2.12. The first-order valence-electron chi connectivity index (χ1n) is 5.38. The Labute approximate surface area is 96.4 Å². The van der Waals surface area contributed by atoms with Crippen LogP contribution in [0, 0.1) is 0 Å². The predicted molar refractivity (Wildman–Crippen MR) is 63.9 cm³/mol. The van der Waals surface area contributed by atoms with Crippen molar-refractivity contribution in [3.63, 3.8) is 0 Å². The van der Waals surface area contributed by atoms with Gasteiger partial charge in [0.05, 0.1) is 24.3 Å². The Morgan fingerprint density at radius 3 is 3.00 bits per heavy atom. The summed E-state index contributed by atoms with van der Waals surface area (Å²) in [6.07, 6.45) is 1.74. The van der Waals surface area contributed by atoms with E-state index in [0.717, 1.165) is 25.9 Å². The van der Waals surface area contributed by atoms with Gasteiger partial charge in [-0.15, -0.1) is 0 Å². The van der Waals surface area contributed by atoms with Crippen molar-refractivity contribution in [2.45, 2.75) is 31.9 Å². The molecule has 0 radical (unpaired) electrons. The first kappa shape index (κ1) is 12.8. The van der Waals surface area contributed by atoms with E-state index in [1.807, 2.05) is 0 Å². The Morgan fingerprint density at radius 1 is 1.67 bits per heavy atom. The maximum atomic E-state index is 9.02. The van der Waals surface area contributed by atoms with Gasteiger partial charge in [-0.2, -0.15) is 0 Å². The van der Waals surface area contributed by atoms with E-state index >= 15 is 0 Å². The molecule has 1 aliphatic heterocycles. The standard InChI is InChI=1S/C10H20N2O2S/c1-8-7-14-9(6-13)5-12(8)4-2-3-10(11)15/h8-9,13H,2-7H2,1H3,(H2,11,15). The molecule has 0 aromatic rings. The van der Waals surface area contributed by atoms with E-state index < -0.39 is 0 Å². The van der Waals surface area contributed by atoms with Crippen molar-refractivity contribution < 1.29 is 9.84 Å². The average molecular weight is 232 g/mol. The molecule has 2 atom stereocenters. The van der Waals surface area contributed by atoms with Gasteiger partial charge >= 0.3 is 0 Å². The second-order valence-corrected chi connectivity index (χ2v) is 4.58. The van der Waals surface area contributed by atoms with E-state index in [9.17, 15) is 0 Å². The number of rotatable bonds is 5. The number of nitrogens with zero attached hydrogens (tertiary/aromatic N) is 1. The number of hydrogen-bond donors (Lipinski definition) is 2. The lowest BCUT2D eigenvalue weighted by Gasteiger charge is -2.37. The lowest BCUT2D eigenvalue weighted by molar-refractivity contribution is -0.0777. The number of nitrogens with two attached hydrogens (primary N) is 1. The molecule has 0 spiro atoms. The number of morpholine rings is 1. The van der Waals surface area contributed by atoms with Crippen molar-refractivity contribution in [1.29, 1.82) is 0 Å². The summed E-state index contributed by atoms with van der Waals surface area (Å²) >= 11 is 4.83. The minimum Gasteiger partial charge on any atom is -0.394 e. The molecular formula is C10H20N2O2S. The number of hydrogen-bond acceptors (Lipinski definition) is 4. The zero-order valence-electron chi connectivity index (χ0n) is 9.19. The van der Waals surface area contributed by atoms with Gasteiger partial charge < -0.3 is 15.6 Å². The van der Waals surface area contributed by atoms with Gasteiger partial charge in [0.1, 0.15) is 0 Å². The Kier molecular flexibility index (Phi) is 5.45. The summed E-state index contributed by atoms with van der Waals surface area (Å²) < 4.78 is 5.45. The molecule has 1 saturated heterocycles. The van der Waals surface area contributed by atoms with E-state index in [1.165, 1.54) is 0 Å². The van der Waals surface area contributed by atoms with E-state index in [4.69, 9.17) is 27.8 Å². The summed E-state index contributed by atoms with van der Waals surface area (Å²) in [5, 5.41) is 9.02. The van der Waals surface area contributed by atoms with E-state index in [2.05, 4.69) is 11.8 Å². The summed E-state index contributed by atoms with van der Waals surface area (Å²) in [7, 11) is 0. The fraction of sp³-hybridized carbons (Fsp3) is 0.900. The molecule has 0 amide bonds. The fourth-order valence-electron chi connectivity index (χ4n) is 1.75. The van der Waals surface area contributed by atoms with Crippen molar-refractivity contribution in [3.8, 4) is 0 Å². The van der Waals surface area contributed by atoms with Gasteiger partial charge in [0.25, 0.3) is 0 Å². The van der Waals surface area contributed by atoms with E-state index in [1.54, 1.807) is 0 Å². The highest BCUT2D eigenvalue weighted by atomic mass is 32.1. The van der Waals surface area contributed by atoms with Gasteiger partial charge in [0, 0.05) is 12.6 Å². The Hall–Kier alpha value is -0.230. The molecule has 2 unspecified atom stereocenters. The van der Waals surface area contributed by atoms with Crippen molar-refractivity contribution in [3.05, 3.63) is 0 Å². The van der Waals surface area contributed by atoms with Crippen LogP contribution >= 0.6 is 12.2 Å². The molecule has 3 N–H and O–H groups in total. The summed E-state index contributed by atoms with van der Waals surface area (Å²) in [6.45, 7) is 4.69. The van der Waals surface area contributed by atoms with Crippen LogP contribution in [0.3, 0.4) is 0 Å². The van der Waals surface area contributed by atoms with Gasteiger partial charge in [-0.3, -0.25) is 4.90 Å². The van der Waals surface area contributed by atoms with Crippen LogP contribution in [0.1, 0.15) is 19.8 Å². The molecule has 0 aromatic carbocycles. The number of aliphatic hydroxyl groups is 1. The fourth-order valence-corrected chi connectivity index (χ4v) is 1.90. The molecule has 4 nitrogen and oxygen atoms in total. The zero-order valence-corrected chi connectivity index (χ0v) is 10.0. The smallest absolute Gasteiger partial charge is 0.0933 e. The first-order valence-corrected chi connectivity index (χ1v) is 5.79. The third kappa shape index (κ3) is 4.42. The highest BCUT2D eigenvalue weighted by molar-refractivity contribution is 7.80. The van der Waals surface area contributed by atoms with Crippen LogP contribution in [0.2, 0.25) is 0 Å². The molecular weight excluding hydrogens is 212 g/mol. The first-order chi connectivity index (χ1) is 7.13. The Bertz CT molecular complexity index is 214. The lowest BCUT2D eigenvalue weighted by Crippen LogP contribution is -2.49. The summed E-state index contributed by atoms with van der Waals surface area (Å²) in [5.74, 6) is 0. The molecule has 1 rings (SSSR count). The molecule has 1 fully saturated rings. The third-order valence-electron chi connectivity index (χ3n) is 2.71. The number of aliphatic hydroxyl groups excluding tert-OH is 1. The second-order valence-electron chi connectivity index (χ2n) is 4.05. The van der Waals surface area contributed by atoms with Crippen LogP contribution in [-0.2, 0) is 4.74 Å². The molecule has 15 heavy (non-hydrogen) atoms. The monoisotopic (exact) mass is 232 g/mol. The maximum Gasteiger partial charge on any atom is 0.0933 e. The summed E-state index contributed by atoms with van der Waals surface area (Å²) in [5.41, 5.74) is 5.44. The molecule has 1 aliphatic rings. The van der Waals surface area contributed by atoms with Gasteiger partial charge in [-0.05, 0) is 26.3 Å². The SMILES string of the molecule is CC1COC(CO)CN1CCCC(N)=S. The minimum absolute atomic E-state index is 0.0361. The highest BCUT2D eigenvalue weighted by Gasteiger charge is 2.24. The van der Waals surface area contributed by atoms with Gasteiger partial charge in [-0.1, -0.05) is 12.2 Å². The normalized spacial score (nSPS) is 27.9. The summed E-state index contributed by atoms with van der Waals surface area (Å²) in [4.78, 5) is 2.90. The predicted octanol–water partition coefficient (Wildman–Crippen LogP) is 0.134. The van der Waals surface area contributed by atoms with Gasteiger partial charge in [0.15, 0.2) is 0 Å². The van der Waals surface area contributed by atoms with E-state index in [-0.39, 0.29) is 12.7 Å². The van der Waals surface area contributed by atoms with Crippen LogP contribution in [-0.4, -0.2) is 53.4 Å². The average Bonchev–Trinajstić information content (AvgIpc) is 2.20. The van der Waals surface area contributed by atoms with Crippen molar-refractivity contribution >= 4 is 17.2 Å². The number of thiocarbonyl (C=S) groups is 1. The zero-order chi connectivity index (χ0) is 11.3. The van der Waals surface area contributed by atoms with Crippen LogP contribution in [0.15, 0.2) is 0 Å². The Morgan fingerprint density at radius 2 is 2.40 bits per heavy atom. The van der Waals surface area contributed by atoms with Crippen LogP contribution < -0.4 is 5.73 Å². The maximum absolute atomic E-state index is 9.02. The molecule has 5 heteroatoms. The van der Waals surface area contributed by atoms with Crippen molar-refractivity contribution in [1.82, 2.24) is 4.90 Å². The quantitative estimate of drug-likeness (QED) is 0.660. The van der Waals surface area contributed by atoms with Crippen LogP contribution in [0.5, 0.6) is 0 Å². The number of ether oxygens (including phenoxy) is 1. The minimum atomic E-state index is -0.0361. The largest absolute Gasteiger partial charge is 0.394 e. The van der Waals surface area contributed by atoms with Gasteiger partial charge in [-0.25, -0.2) is 0 Å². The molecule has 1 heterocycles. The van der Waals surface area contributed by atoms with Gasteiger partial charge in [0.2, 0.25) is 0 Å². The Balaban J connectivity index is 2.28. The van der Waals surface area contributed by atoms with Crippen LogP contribution in [0.4, 0.5) is 0 Å². The van der Waals surface area contributed by atoms with Crippen molar-refractivity contribution in [2.24, 2.45) is 5.73 Å². The van der Waals surface area contributed by atoms with Crippen molar-refractivity contribution in [2.75, 3.05) is 26.3 Å². The van der Waals surface area contributed by atoms with Crippen LogP contribution in [0.25, 0.3) is 0 Å². The lowest BCUT2D eigenvalue weighted by atomic mass is 10.2. The molecule has 0 aliphatic carbocycles. The van der Waals surface area contributed by atoms with E-state index in [0.29, 0.717) is 17.6 Å². The second kappa shape index (κ2) is 6.37. The molecule has 0 saturated carbocycles. The molecule has 88 valence electrons.